The summed E-state index contributed by atoms with van der Waals surface area (Å²) in [6.07, 6.45) is 4.19. The number of hydrogen-bond acceptors (Lipinski definition) is 8. The van der Waals surface area contributed by atoms with E-state index < -0.39 is 0 Å². The number of phenols is 1. The normalized spacial score (nSPS) is 21.6. The maximum absolute atomic E-state index is 10.1. The molecule has 2 saturated heterocycles. The molecule has 0 amide bonds. The minimum Gasteiger partial charge on any atom is -0.507 e. The third kappa shape index (κ3) is 2.76. The van der Waals surface area contributed by atoms with Gasteiger partial charge in [-0.15, -0.1) is 21.5 Å². The zero-order valence-corrected chi connectivity index (χ0v) is 15.5. The largest absolute Gasteiger partial charge is 0.507 e. The molecule has 0 aliphatic carbocycles. The second-order valence-electron chi connectivity index (χ2n) is 7.03. The summed E-state index contributed by atoms with van der Waals surface area (Å²) >= 11 is 1.70. The molecule has 7 nitrogen and oxygen atoms in total. The fourth-order valence-electron chi connectivity index (χ4n) is 4.22. The summed E-state index contributed by atoms with van der Waals surface area (Å²) in [6, 6.07) is 9.95. The van der Waals surface area contributed by atoms with Gasteiger partial charge in [0.15, 0.2) is 10.9 Å². The first kappa shape index (κ1) is 16.3. The molecule has 2 unspecified atom stereocenters. The lowest BCUT2D eigenvalue weighted by Gasteiger charge is -2.42. The molecule has 0 saturated carbocycles. The van der Waals surface area contributed by atoms with Crippen LogP contribution in [0.2, 0.25) is 0 Å². The number of rotatable bonds is 3. The SMILES string of the molecule is Nc1nnc(-c2ccccc2O)cc1N1CC2CCC(C1)N2c1nccs1. The smallest absolute Gasteiger partial charge is 0.185 e. The molecule has 5 rings (SSSR count). The van der Waals surface area contributed by atoms with Gasteiger partial charge >= 0.3 is 0 Å². The lowest BCUT2D eigenvalue weighted by Crippen LogP contribution is -2.54. The maximum Gasteiger partial charge on any atom is 0.185 e. The van der Waals surface area contributed by atoms with Gasteiger partial charge in [-0.3, -0.25) is 0 Å². The van der Waals surface area contributed by atoms with Gasteiger partial charge in [-0.2, -0.15) is 0 Å². The van der Waals surface area contributed by atoms with Gasteiger partial charge in [0.1, 0.15) is 5.75 Å². The van der Waals surface area contributed by atoms with Crippen LogP contribution >= 0.6 is 11.3 Å². The van der Waals surface area contributed by atoms with Crippen molar-refractivity contribution in [3.8, 4) is 17.0 Å². The van der Waals surface area contributed by atoms with Gasteiger partial charge in [0, 0.05) is 42.3 Å². The number of piperazine rings is 1. The molecule has 2 fully saturated rings. The number of benzene rings is 1. The summed E-state index contributed by atoms with van der Waals surface area (Å²) in [5.74, 6) is 0.618. The molecule has 138 valence electrons. The minimum absolute atomic E-state index is 0.191. The second kappa shape index (κ2) is 6.38. The minimum atomic E-state index is 0.191. The van der Waals surface area contributed by atoms with E-state index >= 15 is 0 Å². The number of nitrogens with zero attached hydrogens (tertiary/aromatic N) is 5. The van der Waals surface area contributed by atoms with Crippen molar-refractivity contribution >= 4 is 28.0 Å². The molecule has 2 bridgehead atoms. The Morgan fingerprint density at radius 2 is 1.89 bits per heavy atom. The highest BCUT2D eigenvalue weighted by atomic mass is 32.1. The van der Waals surface area contributed by atoms with Crippen LogP contribution in [0.4, 0.5) is 16.6 Å². The Morgan fingerprint density at radius 1 is 1.11 bits per heavy atom. The molecule has 3 N–H and O–H groups in total. The molecule has 4 heterocycles. The number of nitrogen functional groups attached to an aromatic ring is 1. The van der Waals surface area contributed by atoms with Crippen LogP contribution in [0, 0.1) is 0 Å². The number of aromatic hydroxyl groups is 1. The lowest BCUT2D eigenvalue weighted by atomic mass is 10.1. The van der Waals surface area contributed by atoms with E-state index in [4.69, 9.17) is 5.73 Å². The average molecular weight is 380 g/mol. The van der Waals surface area contributed by atoms with E-state index in [1.807, 2.05) is 29.8 Å². The van der Waals surface area contributed by atoms with Crippen molar-refractivity contribution in [1.29, 1.82) is 0 Å². The van der Waals surface area contributed by atoms with E-state index in [9.17, 15) is 5.11 Å². The topological polar surface area (TPSA) is 91.4 Å². The van der Waals surface area contributed by atoms with E-state index in [-0.39, 0.29) is 5.75 Å². The van der Waals surface area contributed by atoms with Crippen molar-refractivity contribution in [3.05, 3.63) is 41.9 Å². The van der Waals surface area contributed by atoms with Crippen molar-refractivity contribution in [2.45, 2.75) is 24.9 Å². The fourth-order valence-corrected chi connectivity index (χ4v) is 5.01. The van der Waals surface area contributed by atoms with Crippen molar-refractivity contribution < 1.29 is 5.11 Å². The summed E-state index contributed by atoms with van der Waals surface area (Å²) in [5, 5.41) is 21.6. The molecule has 8 heteroatoms. The van der Waals surface area contributed by atoms with Gasteiger partial charge in [0.2, 0.25) is 0 Å². The summed E-state index contributed by atoms with van der Waals surface area (Å²) in [7, 11) is 0. The molecule has 2 aliphatic rings. The highest BCUT2D eigenvalue weighted by Crippen LogP contribution is 2.39. The number of aromatic nitrogens is 3. The summed E-state index contributed by atoms with van der Waals surface area (Å²) in [5.41, 5.74) is 8.36. The first-order valence-electron chi connectivity index (χ1n) is 9.05. The molecule has 2 aliphatic heterocycles. The van der Waals surface area contributed by atoms with Gasteiger partial charge in [-0.05, 0) is 31.0 Å². The quantitative estimate of drug-likeness (QED) is 0.722. The van der Waals surface area contributed by atoms with E-state index in [2.05, 4.69) is 25.0 Å². The van der Waals surface area contributed by atoms with Gasteiger partial charge < -0.3 is 20.6 Å². The lowest BCUT2D eigenvalue weighted by molar-refractivity contribution is 0.477. The summed E-state index contributed by atoms with van der Waals surface area (Å²) < 4.78 is 0. The number of para-hydroxylation sites is 1. The number of hydrogen-bond donors (Lipinski definition) is 2. The average Bonchev–Trinajstić information content (AvgIpc) is 3.28. The first-order valence-corrected chi connectivity index (χ1v) is 9.93. The molecule has 3 aromatic rings. The fraction of sp³-hybridized carbons (Fsp3) is 0.316. The predicted molar refractivity (Wildman–Crippen MR) is 107 cm³/mol. The van der Waals surface area contributed by atoms with Crippen LogP contribution in [0.5, 0.6) is 5.75 Å². The number of nitrogens with two attached hydrogens (primary N) is 1. The zero-order valence-electron chi connectivity index (χ0n) is 14.7. The van der Waals surface area contributed by atoms with E-state index in [1.54, 1.807) is 23.5 Å². The Morgan fingerprint density at radius 3 is 2.59 bits per heavy atom. The van der Waals surface area contributed by atoms with Crippen molar-refractivity contribution in [3.63, 3.8) is 0 Å². The van der Waals surface area contributed by atoms with Crippen molar-refractivity contribution in [2.24, 2.45) is 0 Å². The third-order valence-electron chi connectivity index (χ3n) is 5.44. The molecule has 1 aromatic carbocycles. The van der Waals surface area contributed by atoms with Gasteiger partial charge in [0.25, 0.3) is 0 Å². The number of phenolic OH excluding ortho intramolecular Hbond substituents is 1. The predicted octanol–water partition coefficient (Wildman–Crippen LogP) is 2.75. The monoisotopic (exact) mass is 380 g/mol. The maximum atomic E-state index is 10.1. The van der Waals surface area contributed by atoms with Crippen LogP contribution in [0.15, 0.2) is 41.9 Å². The summed E-state index contributed by atoms with van der Waals surface area (Å²) in [6.45, 7) is 1.76. The van der Waals surface area contributed by atoms with Crippen LogP contribution in [0.25, 0.3) is 11.3 Å². The Kier molecular flexibility index (Phi) is 3.86. The van der Waals surface area contributed by atoms with Gasteiger partial charge in [0.05, 0.1) is 11.4 Å². The molecule has 2 aromatic heterocycles. The third-order valence-corrected chi connectivity index (χ3v) is 6.23. The van der Waals surface area contributed by atoms with Crippen LogP contribution in [-0.2, 0) is 0 Å². The first-order chi connectivity index (χ1) is 13.2. The van der Waals surface area contributed by atoms with E-state index in [0.29, 0.717) is 29.2 Å². The Balaban J connectivity index is 1.46. The van der Waals surface area contributed by atoms with E-state index in [0.717, 1.165) is 36.8 Å². The Bertz CT molecular complexity index is 949. The number of thiazole rings is 1. The van der Waals surface area contributed by atoms with Crippen molar-refractivity contribution in [1.82, 2.24) is 15.2 Å². The summed E-state index contributed by atoms with van der Waals surface area (Å²) in [4.78, 5) is 9.28. The number of fused-ring (bicyclic) bond motifs is 2. The molecule has 0 spiro atoms. The highest BCUT2D eigenvalue weighted by Gasteiger charge is 2.41. The zero-order chi connectivity index (χ0) is 18.4. The highest BCUT2D eigenvalue weighted by molar-refractivity contribution is 7.13. The standard InChI is InChI=1S/C19H20N6OS/c20-18-16(9-15(22-23-18)14-3-1-2-4-17(14)26)24-10-12-5-6-13(11-24)25(12)19-21-7-8-27-19/h1-4,7-9,12-13,26H,5-6,10-11H2,(H2,20,23). The molecular weight excluding hydrogens is 360 g/mol. The van der Waals surface area contributed by atoms with Crippen LogP contribution in [0.3, 0.4) is 0 Å². The van der Waals surface area contributed by atoms with Crippen LogP contribution < -0.4 is 15.5 Å². The molecule has 2 atom stereocenters. The van der Waals surface area contributed by atoms with Crippen LogP contribution in [0.1, 0.15) is 12.8 Å². The second-order valence-corrected chi connectivity index (χ2v) is 7.90. The Hall–Kier alpha value is -2.87. The molecule has 27 heavy (non-hydrogen) atoms. The molecule has 0 radical (unpaired) electrons. The van der Waals surface area contributed by atoms with Gasteiger partial charge in [-0.25, -0.2) is 4.98 Å². The molecular formula is C19H20N6OS. The van der Waals surface area contributed by atoms with Gasteiger partial charge in [-0.1, -0.05) is 12.1 Å². The van der Waals surface area contributed by atoms with Crippen LogP contribution in [-0.4, -0.2) is 45.5 Å². The Labute approximate surface area is 161 Å². The van der Waals surface area contributed by atoms with Crippen molar-refractivity contribution in [2.75, 3.05) is 28.6 Å². The van der Waals surface area contributed by atoms with E-state index in [1.165, 1.54) is 0 Å². The number of anilines is 3.